The van der Waals surface area contributed by atoms with Crippen molar-refractivity contribution >= 4 is 21.5 Å². The van der Waals surface area contributed by atoms with Crippen molar-refractivity contribution in [1.82, 2.24) is 0 Å². The maximum atomic E-state index is 10.8. The second kappa shape index (κ2) is 6.20. The van der Waals surface area contributed by atoms with E-state index in [9.17, 15) is 5.11 Å². The molecule has 24 heavy (non-hydrogen) atoms. The number of rotatable bonds is 1. The van der Waals surface area contributed by atoms with Crippen LogP contribution in [-0.4, -0.2) is 5.11 Å². The lowest BCUT2D eigenvalue weighted by Crippen LogP contribution is -1.97. The molecule has 0 aliphatic carbocycles. The minimum Gasteiger partial charge on any atom is -0.376 e. The van der Waals surface area contributed by atoms with Crippen LogP contribution >= 0.6 is 0 Å². The normalized spacial score (nSPS) is 11.9. The third kappa shape index (κ3) is 2.65. The Kier molecular flexibility index (Phi) is 3.75. The summed E-state index contributed by atoms with van der Waals surface area (Å²) in [7, 11) is 0. The monoisotopic (exact) mass is 308 g/mol. The molecule has 4 aromatic carbocycles. The molecule has 0 radical (unpaired) electrons. The Labute approximate surface area is 141 Å². The molecule has 1 heteroatoms. The van der Waals surface area contributed by atoms with Crippen LogP contribution in [0.15, 0.2) is 84.9 Å². The summed E-state index contributed by atoms with van der Waals surface area (Å²) in [5.41, 5.74) is 1.79. The van der Waals surface area contributed by atoms with E-state index in [4.69, 9.17) is 0 Å². The number of aliphatic hydroxyl groups is 1. The molecule has 0 aliphatic rings. The number of aliphatic hydroxyl groups excluding tert-OH is 1. The maximum Gasteiger partial charge on any atom is 0.141 e. The van der Waals surface area contributed by atoms with E-state index in [2.05, 4.69) is 30.0 Å². The van der Waals surface area contributed by atoms with Crippen molar-refractivity contribution < 1.29 is 5.11 Å². The number of fused-ring (bicyclic) bond motifs is 2. The van der Waals surface area contributed by atoms with Gasteiger partial charge in [-0.3, -0.25) is 0 Å². The van der Waals surface area contributed by atoms with E-state index in [1.54, 1.807) is 0 Å². The quantitative estimate of drug-likeness (QED) is 0.384. The molecular formula is C23H16O. The summed E-state index contributed by atoms with van der Waals surface area (Å²) in [4.78, 5) is 0. The number of hydrogen-bond acceptors (Lipinski definition) is 1. The largest absolute Gasteiger partial charge is 0.376 e. The summed E-state index contributed by atoms with van der Waals surface area (Å²) in [6.07, 6.45) is -0.832. The molecule has 0 aliphatic heterocycles. The molecule has 0 amide bonds. The molecule has 0 bridgehead atoms. The van der Waals surface area contributed by atoms with Crippen molar-refractivity contribution in [2.75, 3.05) is 0 Å². The van der Waals surface area contributed by atoms with Gasteiger partial charge in [-0.2, -0.15) is 0 Å². The van der Waals surface area contributed by atoms with Crippen LogP contribution in [0.1, 0.15) is 17.2 Å². The summed E-state index contributed by atoms with van der Waals surface area (Å²) < 4.78 is 0. The molecule has 114 valence electrons. The summed E-state index contributed by atoms with van der Waals surface area (Å²) in [5, 5.41) is 15.1. The second-order valence-electron chi connectivity index (χ2n) is 5.77. The Morgan fingerprint density at radius 3 is 1.83 bits per heavy atom. The zero-order valence-electron chi connectivity index (χ0n) is 13.1. The van der Waals surface area contributed by atoms with Gasteiger partial charge in [0.25, 0.3) is 0 Å². The van der Waals surface area contributed by atoms with E-state index in [0.29, 0.717) is 0 Å². The van der Waals surface area contributed by atoms with E-state index in [-0.39, 0.29) is 0 Å². The maximum absolute atomic E-state index is 10.8. The number of hydrogen-bond donors (Lipinski definition) is 1. The summed E-state index contributed by atoms with van der Waals surface area (Å²) >= 11 is 0. The summed E-state index contributed by atoms with van der Waals surface area (Å²) in [6, 6.07) is 28.2. The molecular weight excluding hydrogens is 292 g/mol. The third-order valence-electron chi connectivity index (χ3n) is 4.21. The minimum atomic E-state index is -0.832. The van der Waals surface area contributed by atoms with Gasteiger partial charge in [0.2, 0.25) is 0 Å². The van der Waals surface area contributed by atoms with Crippen LogP contribution < -0.4 is 0 Å². The van der Waals surface area contributed by atoms with Crippen LogP contribution in [-0.2, 0) is 0 Å². The lowest BCUT2D eigenvalue weighted by molar-refractivity contribution is 0.241. The van der Waals surface area contributed by atoms with Gasteiger partial charge in [0.05, 0.1) is 0 Å². The van der Waals surface area contributed by atoms with Crippen molar-refractivity contribution in [3.63, 3.8) is 0 Å². The highest BCUT2D eigenvalue weighted by Crippen LogP contribution is 2.32. The zero-order chi connectivity index (χ0) is 16.4. The molecule has 1 atom stereocenters. The van der Waals surface area contributed by atoms with E-state index in [0.717, 1.165) is 32.7 Å². The molecule has 0 heterocycles. The van der Waals surface area contributed by atoms with Gasteiger partial charge in [0, 0.05) is 11.1 Å². The van der Waals surface area contributed by atoms with Crippen LogP contribution in [0.25, 0.3) is 21.5 Å². The Morgan fingerprint density at radius 1 is 0.667 bits per heavy atom. The highest BCUT2D eigenvalue weighted by molar-refractivity contribution is 6.02. The first-order valence-corrected chi connectivity index (χ1v) is 7.98. The standard InChI is InChI=1S/C23H16O/c24-22(15-14-17-8-2-1-3-9-17)23-20-12-6-4-10-18(20)16-19-11-5-7-13-21(19)23/h1-13,16,22,24H. The highest BCUT2D eigenvalue weighted by Gasteiger charge is 2.13. The van der Waals surface area contributed by atoms with E-state index in [1.807, 2.05) is 66.7 Å². The molecule has 4 rings (SSSR count). The van der Waals surface area contributed by atoms with Crippen molar-refractivity contribution in [1.29, 1.82) is 0 Å². The smallest absolute Gasteiger partial charge is 0.141 e. The van der Waals surface area contributed by atoms with Gasteiger partial charge in [-0.25, -0.2) is 0 Å². The van der Waals surface area contributed by atoms with Gasteiger partial charge in [-0.15, -0.1) is 0 Å². The van der Waals surface area contributed by atoms with Crippen LogP contribution in [0.3, 0.4) is 0 Å². The van der Waals surface area contributed by atoms with Crippen molar-refractivity contribution in [2.24, 2.45) is 0 Å². The third-order valence-corrected chi connectivity index (χ3v) is 4.21. The van der Waals surface area contributed by atoms with Gasteiger partial charge < -0.3 is 5.11 Å². The highest BCUT2D eigenvalue weighted by atomic mass is 16.3. The summed E-state index contributed by atoms with van der Waals surface area (Å²) in [5.74, 6) is 6.08. The topological polar surface area (TPSA) is 20.2 Å². The molecule has 1 N–H and O–H groups in total. The second-order valence-corrected chi connectivity index (χ2v) is 5.77. The first-order valence-electron chi connectivity index (χ1n) is 7.98. The van der Waals surface area contributed by atoms with Gasteiger partial charge in [0.15, 0.2) is 0 Å². The Bertz CT molecular complexity index is 1010. The van der Waals surface area contributed by atoms with Crippen LogP contribution in [0.2, 0.25) is 0 Å². The average Bonchev–Trinajstić information content (AvgIpc) is 2.65. The lowest BCUT2D eigenvalue weighted by atomic mass is 9.93. The predicted octanol–water partition coefficient (Wildman–Crippen LogP) is 5.08. The van der Waals surface area contributed by atoms with E-state index in [1.165, 1.54) is 0 Å². The molecule has 4 aromatic rings. The Balaban J connectivity index is 1.92. The van der Waals surface area contributed by atoms with Crippen LogP contribution in [0.4, 0.5) is 0 Å². The molecule has 0 spiro atoms. The first-order chi connectivity index (χ1) is 11.8. The predicted molar refractivity (Wildman–Crippen MR) is 99.7 cm³/mol. The fourth-order valence-corrected chi connectivity index (χ4v) is 3.09. The summed E-state index contributed by atoms with van der Waals surface area (Å²) in [6.45, 7) is 0. The SMILES string of the molecule is OC(C#Cc1ccccc1)c1c2ccccc2cc2ccccc12. The molecule has 1 nitrogen and oxygen atoms in total. The van der Waals surface area contributed by atoms with Gasteiger partial charge in [-0.05, 0) is 39.7 Å². The molecule has 0 saturated heterocycles. The zero-order valence-corrected chi connectivity index (χ0v) is 13.1. The fourth-order valence-electron chi connectivity index (χ4n) is 3.09. The Hall–Kier alpha value is -3.08. The van der Waals surface area contributed by atoms with Crippen molar-refractivity contribution in [2.45, 2.75) is 6.10 Å². The number of benzene rings is 4. The van der Waals surface area contributed by atoms with Gasteiger partial charge in [-0.1, -0.05) is 78.6 Å². The van der Waals surface area contributed by atoms with Crippen molar-refractivity contribution in [3.8, 4) is 11.8 Å². The molecule has 1 unspecified atom stereocenters. The van der Waals surface area contributed by atoms with Crippen molar-refractivity contribution in [3.05, 3.63) is 96.1 Å². The lowest BCUT2D eigenvalue weighted by Gasteiger charge is -2.13. The molecule has 0 aromatic heterocycles. The van der Waals surface area contributed by atoms with Crippen LogP contribution in [0.5, 0.6) is 0 Å². The Morgan fingerprint density at radius 2 is 1.21 bits per heavy atom. The first kappa shape index (κ1) is 14.5. The fraction of sp³-hybridized carbons (Fsp3) is 0.0435. The average molecular weight is 308 g/mol. The van der Waals surface area contributed by atoms with E-state index < -0.39 is 6.10 Å². The van der Waals surface area contributed by atoms with Gasteiger partial charge in [0.1, 0.15) is 6.10 Å². The van der Waals surface area contributed by atoms with Gasteiger partial charge >= 0.3 is 0 Å². The minimum absolute atomic E-state index is 0.832. The van der Waals surface area contributed by atoms with E-state index >= 15 is 0 Å². The molecule has 0 saturated carbocycles. The van der Waals surface area contributed by atoms with Crippen LogP contribution in [0, 0.1) is 11.8 Å². The molecule has 0 fully saturated rings.